The maximum atomic E-state index is 4.00. The molecule has 0 aliphatic heterocycles. The fourth-order valence-corrected chi connectivity index (χ4v) is 1.63. The lowest BCUT2D eigenvalue weighted by Gasteiger charge is -1.94. The van der Waals surface area contributed by atoms with Crippen molar-refractivity contribution in [2.45, 2.75) is 0 Å². The number of rotatable bonds is 0. The van der Waals surface area contributed by atoms with Crippen molar-refractivity contribution in [2.24, 2.45) is 0 Å². The molecule has 62 valence electrons. The standard InChI is InChI=1S/C10H7N3/c1-2-9-8(4-5-11-9)10-7(1)3-6-12-13-10/h1-6,13H/p+1. The van der Waals surface area contributed by atoms with E-state index in [1.54, 1.807) is 6.20 Å². The summed E-state index contributed by atoms with van der Waals surface area (Å²) in [6.45, 7) is 0. The molecule has 0 unspecified atom stereocenters. The van der Waals surface area contributed by atoms with Crippen molar-refractivity contribution in [2.75, 3.05) is 0 Å². The Kier molecular flexibility index (Phi) is 1.16. The third-order valence-corrected chi connectivity index (χ3v) is 2.27. The molecule has 0 amide bonds. The van der Waals surface area contributed by atoms with Crippen LogP contribution in [0.3, 0.4) is 0 Å². The lowest BCUT2D eigenvalue weighted by Crippen LogP contribution is -1.93. The summed E-state index contributed by atoms with van der Waals surface area (Å²) in [6.07, 6.45) is 3.70. The van der Waals surface area contributed by atoms with Crippen molar-refractivity contribution < 1.29 is 4.98 Å². The van der Waals surface area contributed by atoms with E-state index in [0.29, 0.717) is 0 Å². The highest BCUT2D eigenvalue weighted by Crippen LogP contribution is 2.19. The maximum absolute atomic E-state index is 4.00. The van der Waals surface area contributed by atoms with Gasteiger partial charge in [0.15, 0.2) is 6.20 Å². The Labute approximate surface area is 74.4 Å². The minimum Gasteiger partial charge on any atom is -0.277 e. The SMILES string of the molecule is c1cc2ccc3[nH+]ccc3c2[nH]n1. The number of hydrogen-bond acceptors (Lipinski definition) is 1. The van der Waals surface area contributed by atoms with Crippen LogP contribution in [0, 0.1) is 0 Å². The normalized spacial score (nSPS) is 11.1. The molecule has 3 rings (SSSR count). The van der Waals surface area contributed by atoms with Gasteiger partial charge < -0.3 is 0 Å². The van der Waals surface area contributed by atoms with Gasteiger partial charge in [0.05, 0.1) is 10.9 Å². The number of aromatic nitrogens is 3. The van der Waals surface area contributed by atoms with Crippen LogP contribution in [0.1, 0.15) is 0 Å². The van der Waals surface area contributed by atoms with Crippen molar-refractivity contribution in [3.05, 3.63) is 36.7 Å². The summed E-state index contributed by atoms with van der Waals surface area (Å²) in [5.74, 6) is 0. The quantitative estimate of drug-likeness (QED) is 0.546. The van der Waals surface area contributed by atoms with Crippen LogP contribution >= 0.6 is 0 Å². The smallest absolute Gasteiger partial charge is 0.213 e. The van der Waals surface area contributed by atoms with Gasteiger partial charge in [0.2, 0.25) is 5.52 Å². The average molecular weight is 170 g/mol. The molecule has 3 heteroatoms. The second kappa shape index (κ2) is 2.29. The molecule has 0 aliphatic carbocycles. The van der Waals surface area contributed by atoms with Gasteiger partial charge >= 0.3 is 0 Å². The summed E-state index contributed by atoms with van der Waals surface area (Å²) in [4.78, 5) is 3.16. The van der Waals surface area contributed by atoms with Crippen LogP contribution in [0.4, 0.5) is 0 Å². The third-order valence-electron chi connectivity index (χ3n) is 2.27. The van der Waals surface area contributed by atoms with Gasteiger partial charge in [0.25, 0.3) is 0 Å². The van der Waals surface area contributed by atoms with E-state index in [9.17, 15) is 0 Å². The third kappa shape index (κ3) is 0.839. The molecule has 13 heavy (non-hydrogen) atoms. The highest BCUT2D eigenvalue weighted by molar-refractivity contribution is 6.02. The Morgan fingerprint density at radius 1 is 1.15 bits per heavy atom. The first-order chi connectivity index (χ1) is 6.45. The fourth-order valence-electron chi connectivity index (χ4n) is 1.63. The van der Waals surface area contributed by atoms with Crippen LogP contribution in [0.5, 0.6) is 0 Å². The number of nitrogens with zero attached hydrogens (tertiary/aromatic N) is 1. The van der Waals surface area contributed by atoms with Gasteiger partial charge in [-0.1, -0.05) is 0 Å². The molecule has 0 saturated heterocycles. The second-order valence-electron chi connectivity index (χ2n) is 3.03. The Hall–Kier alpha value is -1.90. The van der Waals surface area contributed by atoms with Crippen molar-refractivity contribution >= 4 is 21.8 Å². The molecule has 0 atom stereocenters. The van der Waals surface area contributed by atoms with Gasteiger partial charge in [0.1, 0.15) is 0 Å². The van der Waals surface area contributed by atoms with E-state index in [4.69, 9.17) is 0 Å². The molecular formula is C10H8N3+. The summed E-state index contributed by atoms with van der Waals surface area (Å²) in [7, 11) is 0. The molecule has 3 aromatic rings. The molecule has 2 heterocycles. The van der Waals surface area contributed by atoms with Crippen molar-refractivity contribution in [3.63, 3.8) is 0 Å². The van der Waals surface area contributed by atoms with E-state index in [0.717, 1.165) is 11.0 Å². The molecule has 0 bridgehead atoms. The van der Waals surface area contributed by atoms with Crippen LogP contribution in [0.25, 0.3) is 21.8 Å². The van der Waals surface area contributed by atoms with Gasteiger partial charge in [0, 0.05) is 23.7 Å². The Bertz CT molecular complexity index is 568. The molecule has 0 radical (unpaired) electrons. The molecule has 2 N–H and O–H groups in total. The Morgan fingerprint density at radius 3 is 3.15 bits per heavy atom. The van der Waals surface area contributed by atoms with E-state index < -0.39 is 0 Å². The van der Waals surface area contributed by atoms with E-state index in [2.05, 4.69) is 33.4 Å². The molecule has 0 fully saturated rings. The molecule has 3 nitrogen and oxygen atoms in total. The predicted molar refractivity (Wildman–Crippen MR) is 50.2 cm³/mol. The summed E-state index contributed by atoms with van der Waals surface area (Å²) < 4.78 is 0. The lowest BCUT2D eigenvalue weighted by atomic mass is 10.2. The summed E-state index contributed by atoms with van der Waals surface area (Å²) in [5, 5.41) is 9.38. The van der Waals surface area contributed by atoms with E-state index in [1.807, 2.05) is 12.3 Å². The fraction of sp³-hybridized carbons (Fsp3) is 0. The first-order valence-corrected chi connectivity index (χ1v) is 4.18. The first-order valence-electron chi connectivity index (χ1n) is 4.18. The van der Waals surface area contributed by atoms with Gasteiger partial charge in [-0.3, -0.25) is 5.10 Å². The van der Waals surface area contributed by atoms with Gasteiger partial charge in [-0.15, -0.1) is 0 Å². The lowest BCUT2D eigenvalue weighted by molar-refractivity contribution is -0.341. The zero-order chi connectivity index (χ0) is 8.67. The van der Waals surface area contributed by atoms with Gasteiger partial charge in [-0.05, 0) is 12.1 Å². The van der Waals surface area contributed by atoms with Crippen molar-refractivity contribution in [1.82, 2.24) is 10.2 Å². The largest absolute Gasteiger partial charge is 0.277 e. The number of H-pyrrole nitrogens is 2. The average Bonchev–Trinajstić information content (AvgIpc) is 2.65. The summed E-state index contributed by atoms with van der Waals surface area (Å²) in [5.41, 5.74) is 2.22. The van der Waals surface area contributed by atoms with Crippen LogP contribution < -0.4 is 4.98 Å². The van der Waals surface area contributed by atoms with E-state index in [-0.39, 0.29) is 0 Å². The van der Waals surface area contributed by atoms with E-state index >= 15 is 0 Å². The first kappa shape index (κ1) is 6.60. The van der Waals surface area contributed by atoms with E-state index in [1.165, 1.54) is 10.8 Å². The highest BCUT2D eigenvalue weighted by Gasteiger charge is 2.05. The highest BCUT2D eigenvalue weighted by atomic mass is 15.1. The number of hydrogen-bond donors (Lipinski definition) is 1. The van der Waals surface area contributed by atoms with Crippen molar-refractivity contribution in [1.29, 1.82) is 0 Å². The minimum atomic E-state index is 1.08. The predicted octanol–water partition coefficient (Wildman–Crippen LogP) is 1.53. The topological polar surface area (TPSA) is 42.8 Å². The number of benzene rings is 1. The van der Waals surface area contributed by atoms with Crippen LogP contribution in [-0.4, -0.2) is 10.2 Å². The zero-order valence-electron chi connectivity index (χ0n) is 6.91. The molecule has 0 saturated carbocycles. The Balaban J connectivity index is 2.65. The van der Waals surface area contributed by atoms with Gasteiger partial charge in [-0.25, -0.2) is 4.98 Å². The summed E-state index contributed by atoms with van der Waals surface area (Å²) in [6, 6.07) is 8.20. The zero-order valence-corrected chi connectivity index (χ0v) is 6.91. The maximum Gasteiger partial charge on any atom is 0.213 e. The summed E-state index contributed by atoms with van der Waals surface area (Å²) >= 11 is 0. The minimum absolute atomic E-state index is 1.08. The molecule has 2 aromatic heterocycles. The van der Waals surface area contributed by atoms with Crippen LogP contribution in [-0.2, 0) is 0 Å². The van der Waals surface area contributed by atoms with Gasteiger partial charge in [-0.2, -0.15) is 5.10 Å². The molecule has 1 aromatic carbocycles. The number of aromatic amines is 2. The van der Waals surface area contributed by atoms with Crippen molar-refractivity contribution in [3.8, 4) is 0 Å². The monoisotopic (exact) mass is 170 g/mol. The molecule has 0 spiro atoms. The second-order valence-corrected chi connectivity index (χ2v) is 3.03. The number of fused-ring (bicyclic) bond motifs is 3. The molecule has 0 aliphatic rings. The molecular weight excluding hydrogens is 162 g/mol. The van der Waals surface area contributed by atoms with Crippen LogP contribution in [0.15, 0.2) is 36.7 Å². The Morgan fingerprint density at radius 2 is 2.15 bits per heavy atom. The van der Waals surface area contributed by atoms with Crippen LogP contribution in [0.2, 0.25) is 0 Å². The number of nitrogens with one attached hydrogen (secondary N) is 2.